The number of nitriles is 1. The molecule has 0 radical (unpaired) electrons. The molecule has 2 aromatic rings. The zero-order chi connectivity index (χ0) is 15.2. The lowest BCUT2D eigenvalue weighted by atomic mass is 10.2. The molecule has 2 rings (SSSR count). The molecule has 0 spiro atoms. The maximum absolute atomic E-state index is 13.7. The van der Waals surface area contributed by atoms with Gasteiger partial charge in [0.15, 0.2) is 11.6 Å². The van der Waals surface area contributed by atoms with Crippen molar-refractivity contribution in [1.29, 1.82) is 5.26 Å². The van der Waals surface area contributed by atoms with Crippen LogP contribution >= 0.6 is 0 Å². The average molecular weight is 289 g/mol. The van der Waals surface area contributed by atoms with E-state index in [1.165, 1.54) is 12.1 Å². The molecule has 0 fully saturated rings. The second-order valence-corrected chi connectivity index (χ2v) is 4.22. The number of nitrogens with one attached hydrogen (secondary N) is 2. The molecule has 0 amide bonds. The zero-order valence-electron chi connectivity index (χ0n) is 11.3. The Bertz CT molecular complexity index is 682. The molecule has 21 heavy (non-hydrogen) atoms. The molecule has 0 aliphatic carbocycles. The summed E-state index contributed by atoms with van der Waals surface area (Å²) in [5.41, 5.74) is -0.0462. The van der Waals surface area contributed by atoms with Crippen molar-refractivity contribution in [3.63, 3.8) is 0 Å². The topological polar surface area (TPSA) is 73.6 Å². The lowest BCUT2D eigenvalue weighted by Gasteiger charge is -2.10. The van der Waals surface area contributed by atoms with Crippen LogP contribution in [-0.2, 0) is 0 Å². The molecule has 0 aliphatic heterocycles. The fourth-order valence-corrected chi connectivity index (χ4v) is 1.65. The number of halogens is 2. The standard InChI is InChI=1S/C14H13F2N5/c1-2-6-18-14-19-8-11(16)13(21-14)20-12-5-3-4-10(15)9(12)7-17/h3-5,8H,2,6H2,1H3,(H2,18,19,20,21). The van der Waals surface area contributed by atoms with Gasteiger partial charge in [-0.25, -0.2) is 13.8 Å². The van der Waals surface area contributed by atoms with E-state index in [9.17, 15) is 8.78 Å². The van der Waals surface area contributed by atoms with Gasteiger partial charge in [-0.1, -0.05) is 13.0 Å². The molecule has 0 bridgehead atoms. The van der Waals surface area contributed by atoms with Crippen molar-refractivity contribution < 1.29 is 8.78 Å². The Kier molecular flexibility index (Phi) is 4.61. The monoisotopic (exact) mass is 289 g/mol. The molecular formula is C14H13F2N5. The van der Waals surface area contributed by atoms with E-state index in [-0.39, 0.29) is 23.0 Å². The van der Waals surface area contributed by atoms with Crippen LogP contribution in [0.15, 0.2) is 24.4 Å². The minimum absolute atomic E-state index is 0.120. The van der Waals surface area contributed by atoms with E-state index in [0.29, 0.717) is 6.54 Å². The number of hydrogen-bond donors (Lipinski definition) is 2. The van der Waals surface area contributed by atoms with Gasteiger partial charge in [-0.2, -0.15) is 10.2 Å². The minimum atomic E-state index is -0.690. The predicted octanol–water partition coefficient (Wildman–Crippen LogP) is 3.19. The van der Waals surface area contributed by atoms with Gasteiger partial charge in [0.05, 0.1) is 11.9 Å². The predicted molar refractivity (Wildman–Crippen MR) is 75.2 cm³/mol. The highest BCUT2D eigenvalue weighted by Gasteiger charge is 2.12. The lowest BCUT2D eigenvalue weighted by molar-refractivity contribution is 0.617. The Morgan fingerprint density at radius 1 is 1.29 bits per heavy atom. The Labute approximate surface area is 120 Å². The quantitative estimate of drug-likeness (QED) is 0.884. The molecule has 0 aliphatic rings. The Morgan fingerprint density at radius 3 is 2.81 bits per heavy atom. The first-order valence-corrected chi connectivity index (χ1v) is 6.37. The molecule has 5 nitrogen and oxygen atoms in total. The van der Waals surface area contributed by atoms with Gasteiger partial charge in [0, 0.05) is 6.54 Å². The van der Waals surface area contributed by atoms with E-state index in [1.807, 2.05) is 6.92 Å². The van der Waals surface area contributed by atoms with Gasteiger partial charge in [0.25, 0.3) is 0 Å². The summed E-state index contributed by atoms with van der Waals surface area (Å²) in [6.07, 6.45) is 1.88. The molecule has 1 aromatic carbocycles. The van der Waals surface area contributed by atoms with Gasteiger partial charge in [0.2, 0.25) is 5.95 Å². The van der Waals surface area contributed by atoms with Crippen LogP contribution in [0.1, 0.15) is 18.9 Å². The molecule has 0 atom stereocenters. The maximum Gasteiger partial charge on any atom is 0.224 e. The van der Waals surface area contributed by atoms with Crippen LogP contribution in [0.25, 0.3) is 0 Å². The molecule has 108 valence electrons. The average Bonchev–Trinajstić information content (AvgIpc) is 2.48. The summed E-state index contributed by atoms with van der Waals surface area (Å²) in [6.45, 7) is 2.62. The summed E-state index contributed by atoms with van der Waals surface area (Å²) >= 11 is 0. The molecule has 0 saturated carbocycles. The number of benzene rings is 1. The van der Waals surface area contributed by atoms with Crippen LogP contribution in [0.4, 0.5) is 26.2 Å². The largest absolute Gasteiger partial charge is 0.354 e. The Hall–Kier alpha value is -2.75. The fourth-order valence-electron chi connectivity index (χ4n) is 1.65. The third-order valence-corrected chi connectivity index (χ3v) is 2.66. The Morgan fingerprint density at radius 2 is 2.10 bits per heavy atom. The van der Waals surface area contributed by atoms with Crippen LogP contribution in [0, 0.1) is 23.0 Å². The van der Waals surface area contributed by atoms with Gasteiger partial charge >= 0.3 is 0 Å². The van der Waals surface area contributed by atoms with Crippen LogP contribution in [0.5, 0.6) is 0 Å². The zero-order valence-corrected chi connectivity index (χ0v) is 11.3. The smallest absolute Gasteiger partial charge is 0.224 e. The van der Waals surface area contributed by atoms with E-state index >= 15 is 0 Å². The highest BCUT2D eigenvalue weighted by Crippen LogP contribution is 2.23. The summed E-state index contributed by atoms with van der Waals surface area (Å²) in [5, 5.41) is 14.5. The number of anilines is 3. The lowest BCUT2D eigenvalue weighted by Crippen LogP contribution is -2.07. The van der Waals surface area contributed by atoms with E-state index in [1.54, 1.807) is 6.07 Å². The first-order valence-electron chi connectivity index (χ1n) is 6.37. The molecular weight excluding hydrogens is 276 g/mol. The molecule has 1 heterocycles. The summed E-state index contributed by atoms with van der Waals surface area (Å²) in [5.74, 6) is -1.23. The molecule has 0 unspecified atom stereocenters. The summed E-state index contributed by atoms with van der Waals surface area (Å²) < 4.78 is 27.2. The number of hydrogen-bond acceptors (Lipinski definition) is 5. The first kappa shape index (κ1) is 14.7. The normalized spacial score (nSPS) is 10.0. The van der Waals surface area contributed by atoms with Gasteiger partial charge in [-0.15, -0.1) is 0 Å². The van der Waals surface area contributed by atoms with Crippen molar-refractivity contribution in [2.45, 2.75) is 13.3 Å². The van der Waals surface area contributed by atoms with Crippen molar-refractivity contribution in [1.82, 2.24) is 9.97 Å². The minimum Gasteiger partial charge on any atom is -0.354 e. The molecule has 1 aromatic heterocycles. The maximum atomic E-state index is 13.7. The molecule has 2 N–H and O–H groups in total. The highest BCUT2D eigenvalue weighted by molar-refractivity contribution is 5.65. The summed E-state index contributed by atoms with van der Waals surface area (Å²) in [6, 6.07) is 5.79. The third-order valence-electron chi connectivity index (χ3n) is 2.66. The molecule has 0 saturated heterocycles. The van der Waals surface area contributed by atoms with Crippen LogP contribution < -0.4 is 10.6 Å². The fraction of sp³-hybridized carbons (Fsp3) is 0.214. The SMILES string of the molecule is CCCNc1ncc(F)c(Nc2cccc(F)c2C#N)n1. The van der Waals surface area contributed by atoms with Crippen LogP contribution in [0.2, 0.25) is 0 Å². The van der Waals surface area contributed by atoms with Crippen LogP contribution in [0.3, 0.4) is 0 Å². The van der Waals surface area contributed by atoms with Gasteiger partial charge in [-0.05, 0) is 18.6 Å². The van der Waals surface area contributed by atoms with Crippen LogP contribution in [-0.4, -0.2) is 16.5 Å². The molecule has 7 heteroatoms. The van der Waals surface area contributed by atoms with E-state index in [0.717, 1.165) is 18.7 Å². The van der Waals surface area contributed by atoms with Crippen molar-refractivity contribution in [2.75, 3.05) is 17.2 Å². The highest BCUT2D eigenvalue weighted by atomic mass is 19.1. The Balaban J connectivity index is 2.31. The first-order chi connectivity index (χ1) is 10.2. The third kappa shape index (κ3) is 3.42. The van der Waals surface area contributed by atoms with Crippen molar-refractivity contribution in [3.8, 4) is 6.07 Å². The van der Waals surface area contributed by atoms with Crippen molar-refractivity contribution >= 4 is 17.5 Å². The van der Waals surface area contributed by atoms with Gasteiger partial charge < -0.3 is 10.6 Å². The second kappa shape index (κ2) is 6.61. The number of nitrogens with zero attached hydrogens (tertiary/aromatic N) is 3. The second-order valence-electron chi connectivity index (χ2n) is 4.22. The van der Waals surface area contributed by atoms with Gasteiger partial charge in [-0.3, -0.25) is 0 Å². The van der Waals surface area contributed by atoms with E-state index in [2.05, 4.69) is 20.6 Å². The summed E-state index contributed by atoms with van der Waals surface area (Å²) in [4.78, 5) is 7.77. The number of rotatable bonds is 5. The van der Waals surface area contributed by atoms with E-state index in [4.69, 9.17) is 5.26 Å². The van der Waals surface area contributed by atoms with E-state index < -0.39 is 11.6 Å². The van der Waals surface area contributed by atoms with Gasteiger partial charge in [0.1, 0.15) is 17.4 Å². The summed E-state index contributed by atoms with van der Waals surface area (Å²) in [7, 11) is 0. The van der Waals surface area contributed by atoms with Crippen molar-refractivity contribution in [3.05, 3.63) is 41.6 Å². The van der Waals surface area contributed by atoms with Crippen molar-refractivity contribution in [2.24, 2.45) is 0 Å². The number of aromatic nitrogens is 2.